The summed E-state index contributed by atoms with van der Waals surface area (Å²) in [5.74, 6) is 0.478. The van der Waals surface area contributed by atoms with Gasteiger partial charge < -0.3 is 11.1 Å². The average Bonchev–Trinajstić information content (AvgIpc) is 3.00. The molecule has 0 heterocycles. The van der Waals surface area contributed by atoms with Crippen molar-refractivity contribution in [3.8, 4) is 0 Å². The van der Waals surface area contributed by atoms with Crippen LogP contribution in [0.2, 0.25) is 10.0 Å². The Morgan fingerprint density at radius 1 is 1.47 bits per heavy atom. The quantitative estimate of drug-likeness (QED) is 0.656. The van der Waals surface area contributed by atoms with Crippen molar-refractivity contribution in [2.75, 3.05) is 0 Å². The van der Waals surface area contributed by atoms with Crippen LogP contribution in [0.3, 0.4) is 0 Å². The zero-order valence-electron chi connectivity index (χ0n) is 9.58. The second-order valence-corrected chi connectivity index (χ2v) is 5.12. The molecule has 1 saturated carbocycles. The molecule has 0 radical (unpaired) electrons. The van der Waals surface area contributed by atoms with E-state index in [0.717, 1.165) is 18.4 Å². The van der Waals surface area contributed by atoms with Gasteiger partial charge in [-0.15, -0.1) is 0 Å². The van der Waals surface area contributed by atoms with E-state index in [1.165, 1.54) is 0 Å². The van der Waals surface area contributed by atoms with E-state index in [-0.39, 0.29) is 6.04 Å². The Morgan fingerprint density at radius 2 is 2.18 bits per heavy atom. The van der Waals surface area contributed by atoms with Gasteiger partial charge in [0.15, 0.2) is 5.96 Å². The molecule has 1 fully saturated rings. The number of hydrogen-bond acceptors (Lipinski definition) is 1. The summed E-state index contributed by atoms with van der Waals surface area (Å²) in [7, 11) is 0. The van der Waals surface area contributed by atoms with Crippen molar-refractivity contribution in [3.63, 3.8) is 0 Å². The van der Waals surface area contributed by atoms with E-state index in [2.05, 4.69) is 10.3 Å². The summed E-state index contributed by atoms with van der Waals surface area (Å²) in [6.07, 6.45) is 2.27. The van der Waals surface area contributed by atoms with Crippen LogP contribution < -0.4 is 11.1 Å². The van der Waals surface area contributed by atoms with Crippen molar-refractivity contribution in [3.05, 3.63) is 33.8 Å². The number of nitrogens with zero attached hydrogens (tertiary/aromatic N) is 1. The number of nitrogens with one attached hydrogen (secondary N) is 1. The Morgan fingerprint density at radius 3 is 2.76 bits per heavy atom. The lowest BCUT2D eigenvalue weighted by molar-refractivity contribution is 0.708. The second-order valence-electron chi connectivity index (χ2n) is 4.28. The van der Waals surface area contributed by atoms with Crippen LogP contribution in [0.5, 0.6) is 0 Å². The van der Waals surface area contributed by atoms with Gasteiger partial charge in [0.05, 0.1) is 12.1 Å². The van der Waals surface area contributed by atoms with Gasteiger partial charge in [-0.05, 0) is 37.5 Å². The topological polar surface area (TPSA) is 50.4 Å². The van der Waals surface area contributed by atoms with E-state index in [9.17, 15) is 0 Å². The summed E-state index contributed by atoms with van der Waals surface area (Å²) < 4.78 is 0. The Bertz CT molecular complexity index is 441. The molecule has 0 spiro atoms. The van der Waals surface area contributed by atoms with Crippen LogP contribution in [0, 0.1) is 0 Å². The lowest BCUT2D eigenvalue weighted by Crippen LogP contribution is -2.34. The van der Waals surface area contributed by atoms with Crippen molar-refractivity contribution >= 4 is 29.2 Å². The Balaban J connectivity index is 2.05. The molecule has 0 amide bonds. The van der Waals surface area contributed by atoms with Gasteiger partial charge >= 0.3 is 0 Å². The predicted molar refractivity (Wildman–Crippen MR) is 72.7 cm³/mol. The third-order valence-electron chi connectivity index (χ3n) is 2.66. The van der Waals surface area contributed by atoms with Gasteiger partial charge in [0.25, 0.3) is 0 Å². The third kappa shape index (κ3) is 3.51. The molecule has 1 aliphatic carbocycles. The molecule has 17 heavy (non-hydrogen) atoms. The Labute approximate surface area is 111 Å². The zero-order valence-corrected chi connectivity index (χ0v) is 11.1. The SMILES string of the molecule is CC(NC(N)=NC1CC1)c1ccc(Cl)cc1Cl. The van der Waals surface area contributed by atoms with E-state index < -0.39 is 0 Å². The summed E-state index contributed by atoms with van der Waals surface area (Å²) in [6.45, 7) is 1.99. The first-order valence-electron chi connectivity index (χ1n) is 5.61. The smallest absolute Gasteiger partial charge is 0.189 e. The van der Waals surface area contributed by atoms with Gasteiger partial charge in [0.1, 0.15) is 0 Å². The van der Waals surface area contributed by atoms with E-state index in [1.54, 1.807) is 6.07 Å². The largest absolute Gasteiger partial charge is 0.370 e. The maximum absolute atomic E-state index is 6.12. The minimum Gasteiger partial charge on any atom is -0.370 e. The molecule has 3 N–H and O–H groups in total. The molecule has 1 aromatic carbocycles. The molecule has 0 aromatic heterocycles. The summed E-state index contributed by atoms with van der Waals surface area (Å²) in [6, 6.07) is 5.87. The van der Waals surface area contributed by atoms with Gasteiger partial charge in [-0.3, -0.25) is 4.99 Å². The highest BCUT2D eigenvalue weighted by Gasteiger charge is 2.21. The fourth-order valence-electron chi connectivity index (χ4n) is 1.59. The first-order valence-corrected chi connectivity index (χ1v) is 6.36. The maximum atomic E-state index is 6.12. The maximum Gasteiger partial charge on any atom is 0.189 e. The predicted octanol–water partition coefficient (Wildman–Crippen LogP) is 3.12. The number of nitrogens with two attached hydrogens (primary N) is 1. The fraction of sp³-hybridized carbons (Fsp3) is 0.417. The molecule has 3 nitrogen and oxygen atoms in total. The lowest BCUT2D eigenvalue weighted by atomic mass is 10.1. The van der Waals surface area contributed by atoms with Crippen molar-refractivity contribution in [2.24, 2.45) is 10.7 Å². The van der Waals surface area contributed by atoms with Crippen molar-refractivity contribution in [2.45, 2.75) is 31.8 Å². The minimum absolute atomic E-state index is 0.0160. The highest BCUT2D eigenvalue weighted by Crippen LogP contribution is 2.26. The highest BCUT2D eigenvalue weighted by atomic mass is 35.5. The summed E-state index contributed by atoms with van der Waals surface area (Å²) >= 11 is 12.0. The van der Waals surface area contributed by atoms with E-state index in [1.807, 2.05) is 19.1 Å². The van der Waals surface area contributed by atoms with Crippen molar-refractivity contribution in [1.82, 2.24) is 5.32 Å². The molecule has 0 saturated heterocycles. The van der Waals surface area contributed by atoms with Crippen LogP contribution >= 0.6 is 23.2 Å². The Hall–Kier alpha value is -0.930. The number of guanidine groups is 1. The molecule has 2 rings (SSSR count). The molecular weight excluding hydrogens is 257 g/mol. The van der Waals surface area contributed by atoms with E-state index in [4.69, 9.17) is 28.9 Å². The van der Waals surface area contributed by atoms with Crippen molar-refractivity contribution in [1.29, 1.82) is 0 Å². The van der Waals surface area contributed by atoms with Gasteiger partial charge in [-0.2, -0.15) is 0 Å². The standard InChI is InChI=1S/C12H15Cl2N3/c1-7(16-12(15)17-9-3-4-9)10-5-2-8(13)6-11(10)14/h2,5-7,9H,3-4H2,1H3,(H3,15,16,17). The van der Waals surface area contributed by atoms with Crippen LogP contribution in [-0.2, 0) is 0 Å². The number of benzene rings is 1. The zero-order chi connectivity index (χ0) is 12.4. The molecule has 1 aromatic rings. The molecule has 5 heteroatoms. The first-order chi connectivity index (χ1) is 8.06. The van der Waals surface area contributed by atoms with Gasteiger partial charge in [-0.25, -0.2) is 0 Å². The molecule has 1 atom stereocenters. The van der Waals surface area contributed by atoms with Gasteiger partial charge in [-0.1, -0.05) is 29.3 Å². The summed E-state index contributed by atoms with van der Waals surface area (Å²) in [4.78, 5) is 4.32. The van der Waals surface area contributed by atoms with Crippen LogP contribution in [0.25, 0.3) is 0 Å². The normalized spacial score (nSPS) is 17.9. The Kier molecular flexibility index (Phi) is 3.79. The van der Waals surface area contributed by atoms with Crippen LogP contribution in [0.15, 0.2) is 23.2 Å². The second kappa shape index (κ2) is 5.15. The average molecular weight is 272 g/mol. The highest BCUT2D eigenvalue weighted by molar-refractivity contribution is 6.35. The van der Waals surface area contributed by atoms with Crippen LogP contribution in [-0.4, -0.2) is 12.0 Å². The van der Waals surface area contributed by atoms with Gasteiger partial charge in [0.2, 0.25) is 0 Å². The summed E-state index contributed by atoms with van der Waals surface area (Å²) in [5.41, 5.74) is 6.77. The number of aliphatic imine (C=N–C) groups is 1. The molecule has 1 unspecified atom stereocenters. The number of rotatable bonds is 3. The summed E-state index contributed by atoms with van der Waals surface area (Å²) in [5, 5.41) is 4.39. The molecule has 92 valence electrons. The number of halogens is 2. The molecular formula is C12H15Cl2N3. The van der Waals surface area contributed by atoms with Crippen LogP contribution in [0.1, 0.15) is 31.4 Å². The minimum atomic E-state index is 0.0160. The molecule has 0 bridgehead atoms. The van der Waals surface area contributed by atoms with E-state index >= 15 is 0 Å². The third-order valence-corrected chi connectivity index (χ3v) is 3.22. The molecule has 1 aliphatic rings. The first kappa shape index (κ1) is 12.5. The monoisotopic (exact) mass is 271 g/mol. The fourth-order valence-corrected chi connectivity index (χ4v) is 2.16. The lowest BCUT2D eigenvalue weighted by Gasteiger charge is -2.16. The van der Waals surface area contributed by atoms with Gasteiger partial charge in [0, 0.05) is 10.0 Å². The van der Waals surface area contributed by atoms with Crippen molar-refractivity contribution < 1.29 is 0 Å². The number of hydrogen-bond donors (Lipinski definition) is 2. The van der Waals surface area contributed by atoms with E-state index in [0.29, 0.717) is 22.0 Å². The molecule has 0 aliphatic heterocycles. The van der Waals surface area contributed by atoms with Crippen LogP contribution in [0.4, 0.5) is 0 Å².